The number of hydrogen-bond acceptors (Lipinski definition) is 6. The minimum atomic E-state index is 0.884. The first kappa shape index (κ1) is 32.8. The number of pyridine rings is 4. The zero-order valence-electron chi connectivity index (χ0n) is 26.7. The summed E-state index contributed by atoms with van der Waals surface area (Å²) in [6.45, 7) is 6.22. The van der Waals surface area contributed by atoms with E-state index in [1.54, 1.807) is 0 Å². The van der Waals surface area contributed by atoms with Crippen LogP contribution in [0.25, 0.3) is 11.4 Å². The normalized spacial score (nSPS) is 11.6. The fraction of sp³-hybridized carbons (Fsp3) is 0.421. The third-order valence-corrected chi connectivity index (χ3v) is 7.74. The van der Waals surface area contributed by atoms with Crippen molar-refractivity contribution in [2.45, 2.75) is 90.9 Å². The quantitative estimate of drug-likeness (QED) is 0.0813. The molecule has 0 aliphatic heterocycles. The lowest BCUT2D eigenvalue weighted by Crippen LogP contribution is -1.97. The second kappa shape index (κ2) is 19.3. The lowest BCUT2D eigenvalue weighted by atomic mass is 10.1. The predicted octanol–water partition coefficient (Wildman–Crippen LogP) is 8.50. The largest absolute Gasteiger partial charge is 0.291 e. The van der Waals surface area contributed by atoms with Gasteiger partial charge in [-0.05, 0) is 85.0 Å². The molecule has 0 N–H and O–H groups in total. The zero-order valence-corrected chi connectivity index (χ0v) is 26.7. The number of aliphatic imine (C=N–C) groups is 2. The molecule has 4 aromatic heterocycles. The molecule has 6 heteroatoms. The SMILES string of the molecule is CCCCCCN=Cc1ccc(CCc2ccc(-c3ccc(CCc4ccc(C=NCCCCCC)nc4)cn3)nc2)cn1. The lowest BCUT2D eigenvalue weighted by molar-refractivity contribution is 0.676. The van der Waals surface area contributed by atoms with Crippen molar-refractivity contribution in [1.29, 1.82) is 0 Å². The molecule has 230 valence electrons. The van der Waals surface area contributed by atoms with E-state index in [1.807, 2.05) is 37.2 Å². The van der Waals surface area contributed by atoms with Crippen molar-refractivity contribution in [3.8, 4) is 11.4 Å². The average molecular weight is 589 g/mol. The van der Waals surface area contributed by atoms with Crippen LogP contribution in [0, 0.1) is 0 Å². The first-order valence-corrected chi connectivity index (χ1v) is 16.5. The van der Waals surface area contributed by atoms with Crippen molar-refractivity contribution in [3.63, 3.8) is 0 Å². The highest BCUT2D eigenvalue weighted by Crippen LogP contribution is 2.17. The summed E-state index contributed by atoms with van der Waals surface area (Å²) in [5.41, 5.74) is 8.50. The topological polar surface area (TPSA) is 76.3 Å². The lowest BCUT2D eigenvalue weighted by Gasteiger charge is -2.06. The second-order valence-corrected chi connectivity index (χ2v) is 11.5. The Morgan fingerprint density at radius 3 is 1.16 bits per heavy atom. The molecule has 0 spiro atoms. The highest BCUT2D eigenvalue weighted by Gasteiger charge is 2.04. The summed E-state index contributed by atoms with van der Waals surface area (Å²) < 4.78 is 0. The van der Waals surface area contributed by atoms with E-state index in [9.17, 15) is 0 Å². The third kappa shape index (κ3) is 11.9. The molecule has 0 atom stereocenters. The Bertz CT molecular complexity index is 1280. The average Bonchev–Trinajstić information content (AvgIpc) is 3.07. The smallest absolute Gasteiger partial charge is 0.0886 e. The fourth-order valence-electron chi connectivity index (χ4n) is 4.92. The molecule has 0 amide bonds. The van der Waals surface area contributed by atoms with Gasteiger partial charge in [-0.25, -0.2) is 0 Å². The minimum Gasteiger partial charge on any atom is -0.291 e. The molecule has 4 heterocycles. The van der Waals surface area contributed by atoms with Gasteiger partial charge >= 0.3 is 0 Å². The van der Waals surface area contributed by atoms with Gasteiger partial charge in [0.25, 0.3) is 0 Å². The first-order chi connectivity index (χ1) is 21.7. The number of hydrogen-bond donors (Lipinski definition) is 0. The van der Waals surface area contributed by atoms with Gasteiger partial charge in [-0.1, -0.05) is 76.6 Å². The van der Waals surface area contributed by atoms with Crippen molar-refractivity contribution >= 4 is 12.4 Å². The monoisotopic (exact) mass is 588 g/mol. The van der Waals surface area contributed by atoms with Crippen molar-refractivity contribution in [2.24, 2.45) is 9.98 Å². The first-order valence-electron chi connectivity index (χ1n) is 16.5. The van der Waals surface area contributed by atoms with Crippen LogP contribution < -0.4 is 0 Å². The highest BCUT2D eigenvalue weighted by atomic mass is 14.8. The molecule has 0 saturated carbocycles. The molecule has 0 aliphatic rings. The van der Waals surface area contributed by atoms with Crippen molar-refractivity contribution in [1.82, 2.24) is 19.9 Å². The van der Waals surface area contributed by atoms with Crippen molar-refractivity contribution < 1.29 is 0 Å². The maximum absolute atomic E-state index is 4.69. The van der Waals surface area contributed by atoms with E-state index in [1.165, 1.54) is 60.8 Å². The molecule has 0 radical (unpaired) electrons. The van der Waals surface area contributed by atoms with E-state index in [0.717, 1.165) is 74.4 Å². The summed E-state index contributed by atoms with van der Waals surface area (Å²) >= 11 is 0. The number of aryl methyl sites for hydroxylation is 4. The van der Waals surface area contributed by atoms with Crippen molar-refractivity contribution in [3.05, 3.63) is 107 Å². The van der Waals surface area contributed by atoms with Gasteiger partial charge in [-0.15, -0.1) is 0 Å². The predicted molar refractivity (Wildman–Crippen MR) is 184 cm³/mol. The van der Waals surface area contributed by atoms with Gasteiger partial charge in [0.15, 0.2) is 0 Å². The third-order valence-electron chi connectivity index (χ3n) is 7.74. The van der Waals surface area contributed by atoms with Crippen LogP contribution in [-0.2, 0) is 25.7 Å². The maximum Gasteiger partial charge on any atom is 0.0886 e. The van der Waals surface area contributed by atoms with Crippen LogP contribution >= 0.6 is 0 Å². The van der Waals surface area contributed by atoms with Crippen LogP contribution in [0.3, 0.4) is 0 Å². The molecule has 4 aromatic rings. The zero-order chi connectivity index (χ0) is 30.7. The van der Waals surface area contributed by atoms with E-state index >= 15 is 0 Å². The minimum absolute atomic E-state index is 0.884. The molecular weight excluding hydrogens is 540 g/mol. The molecule has 0 unspecified atom stereocenters. The summed E-state index contributed by atoms with van der Waals surface area (Å²) in [7, 11) is 0. The Balaban J connectivity index is 1.18. The molecule has 0 fully saturated rings. The summed E-state index contributed by atoms with van der Waals surface area (Å²) in [5, 5.41) is 0. The van der Waals surface area contributed by atoms with Crippen LogP contribution in [0.1, 0.15) is 98.9 Å². The summed E-state index contributed by atoms with van der Waals surface area (Å²) in [4.78, 5) is 27.5. The van der Waals surface area contributed by atoms with Gasteiger partial charge in [0, 0.05) is 50.3 Å². The van der Waals surface area contributed by atoms with Crippen molar-refractivity contribution in [2.75, 3.05) is 13.1 Å². The second-order valence-electron chi connectivity index (χ2n) is 11.5. The molecule has 0 aliphatic carbocycles. The fourth-order valence-corrected chi connectivity index (χ4v) is 4.92. The molecule has 0 aromatic carbocycles. The van der Waals surface area contributed by atoms with Crippen LogP contribution in [0.4, 0.5) is 0 Å². The Kier molecular flexibility index (Phi) is 14.4. The molecule has 4 rings (SSSR count). The highest BCUT2D eigenvalue weighted by molar-refractivity contribution is 5.77. The van der Waals surface area contributed by atoms with Gasteiger partial charge in [0.1, 0.15) is 0 Å². The van der Waals surface area contributed by atoms with Crippen LogP contribution in [0.2, 0.25) is 0 Å². The van der Waals surface area contributed by atoms with Crippen LogP contribution in [0.15, 0.2) is 83.3 Å². The molecule has 44 heavy (non-hydrogen) atoms. The van der Waals surface area contributed by atoms with Crippen LogP contribution in [0.5, 0.6) is 0 Å². The Hall–Kier alpha value is -4.06. The molecule has 0 bridgehead atoms. The molecular formula is C38H48N6. The number of unbranched alkanes of at least 4 members (excludes halogenated alkanes) is 6. The Morgan fingerprint density at radius 1 is 0.455 bits per heavy atom. The van der Waals surface area contributed by atoms with E-state index in [-0.39, 0.29) is 0 Å². The number of nitrogens with zero attached hydrogens (tertiary/aromatic N) is 6. The Labute approximate surface area is 264 Å². The Morgan fingerprint density at radius 2 is 0.841 bits per heavy atom. The van der Waals surface area contributed by atoms with Crippen LogP contribution in [-0.4, -0.2) is 45.5 Å². The van der Waals surface area contributed by atoms with Gasteiger partial charge in [0.05, 0.1) is 22.8 Å². The number of aromatic nitrogens is 4. The van der Waals surface area contributed by atoms with Gasteiger partial charge in [-0.3, -0.25) is 29.9 Å². The standard InChI is InChI=1S/C38H48N6/c1-3-5-7-9-23-39-29-35-19-15-31(25-41-35)11-13-33-17-21-37(43-27-33)38-22-18-34(28-44-38)14-12-32-16-20-36(42-26-32)30-40-24-10-8-6-4-2/h15-22,25-30H,3-14,23-24H2,1-2H3. The van der Waals surface area contributed by atoms with E-state index in [2.05, 4.69) is 82.3 Å². The summed E-state index contributed by atoms with van der Waals surface area (Å²) in [6, 6.07) is 16.8. The van der Waals surface area contributed by atoms with E-state index < -0.39 is 0 Å². The van der Waals surface area contributed by atoms with Gasteiger partial charge in [-0.2, -0.15) is 0 Å². The van der Waals surface area contributed by atoms with E-state index in [0.29, 0.717) is 0 Å². The van der Waals surface area contributed by atoms with Gasteiger partial charge in [0.2, 0.25) is 0 Å². The summed E-state index contributed by atoms with van der Waals surface area (Å²) in [5.74, 6) is 0. The molecule has 0 saturated heterocycles. The summed E-state index contributed by atoms with van der Waals surface area (Å²) in [6.07, 6.45) is 25.2. The maximum atomic E-state index is 4.69. The van der Waals surface area contributed by atoms with E-state index in [4.69, 9.17) is 9.97 Å². The molecule has 6 nitrogen and oxygen atoms in total. The number of rotatable bonds is 19. The van der Waals surface area contributed by atoms with Gasteiger partial charge < -0.3 is 0 Å².